The van der Waals surface area contributed by atoms with Crippen LogP contribution in [-0.2, 0) is 16.0 Å². The third-order valence-corrected chi connectivity index (χ3v) is 5.95. The summed E-state index contributed by atoms with van der Waals surface area (Å²) in [4.78, 5) is 30.0. The van der Waals surface area contributed by atoms with Gasteiger partial charge in [-0.15, -0.1) is 11.3 Å². The molecule has 2 amide bonds. The summed E-state index contributed by atoms with van der Waals surface area (Å²) >= 11 is 1.71. The Bertz CT molecular complexity index is 529. The highest BCUT2D eigenvalue weighted by Crippen LogP contribution is 2.29. The minimum absolute atomic E-state index is 0.217. The van der Waals surface area contributed by atoms with Crippen LogP contribution in [0.1, 0.15) is 43.4 Å². The van der Waals surface area contributed by atoms with Crippen LogP contribution in [0.4, 0.5) is 0 Å². The summed E-state index contributed by atoms with van der Waals surface area (Å²) in [6, 6.07) is 4.57. The lowest BCUT2D eigenvalue weighted by atomic mass is 9.92. The predicted octanol–water partition coefficient (Wildman–Crippen LogP) is 2.68. The van der Waals surface area contributed by atoms with Gasteiger partial charge in [-0.3, -0.25) is 9.59 Å². The molecule has 0 N–H and O–H groups in total. The number of carbonyl (C=O) groups excluding carboxylic acids is 2. The third-order valence-electron chi connectivity index (χ3n) is 5.01. The number of fused-ring (bicyclic) bond motifs is 1. The molecule has 0 saturated carbocycles. The summed E-state index contributed by atoms with van der Waals surface area (Å²) in [6.45, 7) is 0.854. The van der Waals surface area contributed by atoms with Crippen LogP contribution in [0.25, 0.3) is 0 Å². The summed E-state index contributed by atoms with van der Waals surface area (Å²) in [6.07, 6.45) is 5.94. The molecule has 0 aliphatic carbocycles. The van der Waals surface area contributed by atoms with Crippen molar-refractivity contribution in [2.45, 2.75) is 57.0 Å². The van der Waals surface area contributed by atoms with Crippen LogP contribution in [0.3, 0.4) is 0 Å². The maximum Gasteiger partial charge on any atom is 0.223 e. The van der Waals surface area contributed by atoms with Crippen LogP contribution >= 0.6 is 11.3 Å². The molecule has 2 atom stereocenters. The Labute approximate surface area is 136 Å². The van der Waals surface area contributed by atoms with Crippen molar-refractivity contribution in [1.82, 2.24) is 9.80 Å². The van der Waals surface area contributed by atoms with Gasteiger partial charge in [0.25, 0.3) is 0 Å². The smallest absolute Gasteiger partial charge is 0.223 e. The van der Waals surface area contributed by atoms with Crippen LogP contribution in [0.15, 0.2) is 17.5 Å². The predicted molar refractivity (Wildman–Crippen MR) is 87.8 cm³/mol. The summed E-state index contributed by atoms with van der Waals surface area (Å²) in [5.41, 5.74) is 0. The summed E-state index contributed by atoms with van der Waals surface area (Å²) in [7, 11) is 1.91. The highest BCUT2D eigenvalue weighted by atomic mass is 32.1. The van der Waals surface area contributed by atoms with Crippen molar-refractivity contribution >= 4 is 23.2 Å². The Morgan fingerprint density at radius 1 is 1.32 bits per heavy atom. The third kappa shape index (κ3) is 3.19. The standard InChI is InChI=1S/C17H24N2O2S/c1-18-14-7-3-11-19(15(14)6-2-8-16(18)20)17(21)10-9-13-5-4-12-22-13/h4-5,12,14-15H,2-3,6-11H2,1H3/t14-,15-/m1/s1. The van der Waals surface area contributed by atoms with Crippen LogP contribution in [0.5, 0.6) is 0 Å². The molecule has 1 aromatic heterocycles. The summed E-state index contributed by atoms with van der Waals surface area (Å²) in [5.74, 6) is 0.492. The van der Waals surface area contributed by atoms with Crippen molar-refractivity contribution in [2.24, 2.45) is 0 Å². The number of hydrogen-bond donors (Lipinski definition) is 0. The van der Waals surface area contributed by atoms with Crippen LogP contribution in [0, 0.1) is 0 Å². The van der Waals surface area contributed by atoms with E-state index in [0.717, 1.165) is 38.6 Å². The molecular weight excluding hydrogens is 296 g/mol. The van der Waals surface area contributed by atoms with Crippen LogP contribution in [-0.4, -0.2) is 47.3 Å². The monoisotopic (exact) mass is 320 g/mol. The first kappa shape index (κ1) is 15.5. The van der Waals surface area contributed by atoms with E-state index in [1.807, 2.05) is 18.0 Å². The lowest BCUT2D eigenvalue weighted by Gasteiger charge is -2.43. The molecule has 0 bridgehead atoms. The SMILES string of the molecule is CN1C(=O)CCC[C@@H]2[C@H]1CCCN2C(=O)CCc1cccs1. The fourth-order valence-electron chi connectivity index (χ4n) is 3.80. The lowest BCUT2D eigenvalue weighted by Crippen LogP contribution is -2.56. The molecule has 2 aliphatic heterocycles. The van der Waals surface area contributed by atoms with Gasteiger partial charge in [-0.05, 0) is 43.6 Å². The molecule has 0 unspecified atom stereocenters. The molecule has 5 heteroatoms. The topological polar surface area (TPSA) is 40.6 Å². The number of amides is 2. The summed E-state index contributed by atoms with van der Waals surface area (Å²) < 4.78 is 0. The molecule has 0 spiro atoms. The molecule has 3 heterocycles. The van der Waals surface area contributed by atoms with Gasteiger partial charge in [0, 0.05) is 31.3 Å². The summed E-state index contributed by atoms with van der Waals surface area (Å²) in [5, 5.41) is 2.06. The Balaban J connectivity index is 1.67. The zero-order valence-electron chi connectivity index (χ0n) is 13.2. The first-order chi connectivity index (χ1) is 10.7. The van der Waals surface area contributed by atoms with Crippen molar-refractivity contribution in [2.75, 3.05) is 13.6 Å². The normalized spacial score (nSPS) is 25.8. The molecule has 2 saturated heterocycles. The Kier molecular flexibility index (Phi) is 4.81. The van der Waals surface area contributed by atoms with E-state index in [2.05, 4.69) is 16.3 Å². The van der Waals surface area contributed by atoms with Crippen molar-refractivity contribution < 1.29 is 9.59 Å². The average molecular weight is 320 g/mol. The number of thiophene rings is 1. The number of aryl methyl sites for hydroxylation is 1. The van der Waals surface area contributed by atoms with E-state index < -0.39 is 0 Å². The van der Waals surface area contributed by atoms with Gasteiger partial charge in [-0.2, -0.15) is 0 Å². The number of piperidine rings is 1. The number of likely N-dealkylation sites (tertiary alicyclic amines) is 2. The molecule has 1 aromatic rings. The minimum atomic E-state index is 0.217. The fourth-order valence-corrected chi connectivity index (χ4v) is 4.51. The number of nitrogens with zero attached hydrogens (tertiary/aromatic N) is 2. The Morgan fingerprint density at radius 3 is 2.91 bits per heavy atom. The van der Waals surface area contributed by atoms with Crippen molar-refractivity contribution in [3.05, 3.63) is 22.4 Å². The van der Waals surface area contributed by atoms with Gasteiger partial charge in [0.05, 0.1) is 12.1 Å². The van der Waals surface area contributed by atoms with Gasteiger partial charge in [-0.1, -0.05) is 6.07 Å². The molecule has 0 radical (unpaired) electrons. The number of hydrogen-bond acceptors (Lipinski definition) is 3. The zero-order chi connectivity index (χ0) is 15.5. The fraction of sp³-hybridized carbons (Fsp3) is 0.647. The first-order valence-corrected chi connectivity index (χ1v) is 9.12. The second kappa shape index (κ2) is 6.82. The van der Waals surface area contributed by atoms with Gasteiger partial charge in [0.2, 0.25) is 11.8 Å². The van der Waals surface area contributed by atoms with Gasteiger partial charge < -0.3 is 9.80 Å². The lowest BCUT2D eigenvalue weighted by molar-refractivity contribution is -0.141. The molecule has 2 fully saturated rings. The molecule has 22 heavy (non-hydrogen) atoms. The maximum atomic E-state index is 12.7. The van der Waals surface area contributed by atoms with E-state index >= 15 is 0 Å². The molecule has 4 nitrogen and oxygen atoms in total. The maximum absolute atomic E-state index is 12.7. The van der Waals surface area contributed by atoms with E-state index in [1.54, 1.807) is 11.3 Å². The zero-order valence-corrected chi connectivity index (χ0v) is 14.0. The van der Waals surface area contributed by atoms with Gasteiger partial charge in [-0.25, -0.2) is 0 Å². The van der Waals surface area contributed by atoms with Gasteiger partial charge in [0.1, 0.15) is 0 Å². The number of carbonyl (C=O) groups is 2. The van der Waals surface area contributed by atoms with E-state index in [1.165, 1.54) is 4.88 Å². The van der Waals surface area contributed by atoms with Crippen molar-refractivity contribution in [3.63, 3.8) is 0 Å². The van der Waals surface area contributed by atoms with Gasteiger partial charge in [0.15, 0.2) is 0 Å². The molecular formula is C17H24N2O2S. The number of likely N-dealkylation sites (N-methyl/N-ethyl adjacent to an activating group) is 1. The first-order valence-electron chi connectivity index (χ1n) is 8.24. The van der Waals surface area contributed by atoms with Crippen molar-refractivity contribution in [3.8, 4) is 0 Å². The number of rotatable bonds is 3. The second-order valence-corrected chi connectivity index (χ2v) is 7.37. The highest BCUT2D eigenvalue weighted by molar-refractivity contribution is 7.09. The quantitative estimate of drug-likeness (QED) is 0.859. The molecule has 3 rings (SSSR count). The Hall–Kier alpha value is -1.36. The second-order valence-electron chi connectivity index (χ2n) is 6.34. The Morgan fingerprint density at radius 2 is 2.14 bits per heavy atom. The van der Waals surface area contributed by atoms with Crippen LogP contribution < -0.4 is 0 Å². The molecule has 120 valence electrons. The average Bonchev–Trinajstić information content (AvgIpc) is 3.00. The van der Waals surface area contributed by atoms with E-state index in [-0.39, 0.29) is 23.9 Å². The minimum Gasteiger partial charge on any atom is -0.341 e. The largest absolute Gasteiger partial charge is 0.341 e. The van der Waals surface area contributed by atoms with Gasteiger partial charge >= 0.3 is 0 Å². The van der Waals surface area contributed by atoms with E-state index in [9.17, 15) is 9.59 Å². The molecule has 2 aliphatic rings. The van der Waals surface area contributed by atoms with E-state index in [4.69, 9.17) is 0 Å². The van der Waals surface area contributed by atoms with Crippen molar-refractivity contribution in [1.29, 1.82) is 0 Å². The van der Waals surface area contributed by atoms with Crippen LogP contribution in [0.2, 0.25) is 0 Å². The highest BCUT2D eigenvalue weighted by Gasteiger charge is 2.39. The van der Waals surface area contributed by atoms with E-state index in [0.29, 0.717) is 12.8 Å². The molecule has 0 aromatic carbocycles.